The zero-order chi connectivity index (χ0) is 38.3. The number of hydrogen-bond acceptors (Lipinski definition) is 4. The molecule has 0 N–H and O–H groups in total. The first-order valence-corrected chi connectivity index (χ1v) is 19.4. The average molecular weight is 736 g/mol. The molecule has 57 heavy (non-hydrogen) atoms. The molecule has 0 amide bonds. The van der Waals surface area contributed by atoms with Crippen LogP contribution < -0.4 is 4.74 Å². The van der Waals surface area contributed by atoms with E-state index in [1.54, 1.807) is 0 Å². The Bertz CT molecular complexity index is 3350. The molecule has 0 saturated carbocycles. The summed E-state index contributed by atoms with van der Waals surface area (Å²) in [4.78, 5) is 9.64. The van der Waals surface area contributed by atoms with E-state index in [2.05, 4.69) is 159 Å². The van der Waals surface area contributed by atoms with Gasteiger partial charge in [-0.3, -0.25) is 9.55 Å². The summed E-state index contributed by atoms with van der Waals surface area (Å²) >= 11 is 0. The molecule has 0 spiro atoms. The van der Waals surface area contributed by atoms with Crippen molar-refractivity contribution < 1.29 is 9.15 Å². The molecule has 0 aliphatic rings. The largest absolute Gasteiger partial charge is 0.457 e. The maximum atomic E-state index is 6.86. The molecule has 0 atom stereocenters. The molecule has 0 aliphatic carbocycles. The van der Waals surface area contributed by atoms with Crippen molar-refractivity contribution in [3.63, 3.8) is 0 Å². The van der Waals surface area contributed by atoms with Crippen LogP contribution in [0.3, 0.4) is 0 Å². The Kier molecular flexibility index (Phi) is 7.35. The van der Waals surface area contributed by atoms with Gasteiger partial charge >= 0.3 is 0 Å². The topological polar surface area (TPSA) is 53.1 Å². The summed E-state index contributed by atoms with van der Waals surface area (Å²) in [7, 11) is 0. The summed E-state index contributed by atoms with van der Waals surface area (Å²) in [5, 5.41) is 9.03. The molecule has 11 rings (SSSR count). The molecule has 0 radical (unpaired) electrons. The molecule has 4 aromatic heterocycles. The van der Waals surface area contributed by atoms with Crippen LogP contribution in [-0.2, 0) is 5.41 Å². The highest BCUT2D eigenvalue weighted by molar-refractivity contribution is 6.20. The van der Waals surface area contributed by atoms with E-state index in [0.717, 1.165) is 66.6 Å². The van der Waals surface area contributed by atoms with E-state index >= 15 is 0 Å². The molecule has 11 aromatic rings. The summed E-state index contributed by atoms with van der Waals surface area (Å²) in [6, 6.07) is 55.3. The smallest absolute Gasteiger partial charge is 0.145 e. The lowest BCUT2D eigenvalue weighted by Crippen LogP contribution is -2.12. The number of fused-ring (bicyclic) bond motifs is 9. The first kappa shape index (κ1) is 33.1. The molecule has 0 unspecified atom stereocenters. The van der Waals surface area contributed by atoms with Crippen LogP contribution in [0.25, 0.3) is 93.5 Å². The molecule has 0 aliphatic heterocycles. The van der Waals surface area contributed by atoms with Crippen molar-refractivity contribution in [2.24, 2.45) is 0 Å². The van der Waals surface area contributed by atoms with E-state index in [1.165, 1.54) is 38.2 Å². The van der Waals surface area contributed by atoms with Gasteiger partial charge in [-0.1, -0.05) is 99.6 Å². The van der Waals surface area contributed by atoms with Gasteiger partial charge in [0.25, 0.3) is 0 Å². The maximum Gasteiger partial charge on any atom is 0.145 e. The number of para-hydroxylation sites is 1. The fourth-order valence-corrected chi connectivity index (χ4v) is 8.48. The molecule has 5 heteroatoms. The number of aromatic nitrogens is 3. The van der Waals surface area contributed by atoms with Gasteiger partial charge in [-0.05, 0) is 116 Å². The number of furan rings is 1. The highest BCUT2D eigenvalue weighted by Gasteiger charge is 2.21. The van der Waals surface area contributed by atoms with Crippen molar-refractivity contribution >= 4 is 65.3 Å². The van der Waals surface area contributed by atoms with Crippen LogP contribution in [0.1, 0.15) is 26.3 Å². The molecule has 5 nitrogen and oxygen atoms in total. The van der Waals surface area contributed by atoms with E-state index in [4.69, 9.17) is 19.1 Å². The lowest BCUT2D eigenvalue weighted by molar-refractivity contribution is 0.484. The van der Waals surface area contributed by atoms with Crippen molar-refractivity contribution in [1.29, 1.82) is 0 Å². The van der Waals surface area contributed by atoms with E-state index in [1.807, 2.05) is 36.7 Å². The van der Waals surface area contributed by atoms with Crippen LogP contribution >= 0.6 is 0 Å². The Hall–Kier alpha value is -7.24. The first-order valence-electron chi connectivity index (χ1n) is 19.4. The predicted molar refractivity (Wildman–Crippen MR) is 235 cm³/mol. The molecule has 0 fully saturated rings. The third-order valence-electron chi connectivity index (χ3n) is 11.3. The zero-order valence-electron chi connectivity index (χ0n) is 31.8. The van der Waals surface area contributed by atoms with Crippen molar-refractivity contribution in [2.45, 2.75) is 26.2 Å². The standard InChI is InChI=1S/C52H37N3O2/c1-52(2,3)34-22-24-54-50(27-34)55-47-19-10-9-17-39(47)40-21-20-35(30-48(40)55)56-36-28-44-43-31-42-33(26-49(43)57-51(44)45(29-36)46-18-11-12-23-53-46)25-41(32-13-5-4-6-14-32)37-15-7-8-16-38(37)42/h4-31H,1-3H3. The van der Waals surface area contributed by atoms with Gasteiger partial charge in [-0.25, -0.2) is 4.98 Å². The molecule has 0 bridgehead atoms. The molecular weight excluding hydrogens is 699 g/mol. The fourth-order valence-electron chi connectivity index (χ4n) is 8.48. The highest BCUT2D eigenvalue weighted by atomic mass is 16.5. The number of ether oxygens (including phenoxy) is 1. The van der Waals surface area contributed by atoms with Crippen LogP contribution in [0, 0.1) is 0 Å². The minimum atomic E-state index is -0.0174. The summed E-state index contributed by atoms with van der Waals surface area (Å²) < 4.78 is 15.9. The molecule has 4 heterocycles. The van der Waals surface area contributed by atoms with E-state index in [0.29, 0.717) is 5.75 Å². The van der Waals surface area contributed by atoms with Crippen LogP contribution in [0.15, 0.2) is 175 Å². The zero-order valence-corrected chi connectivity index (χ0v) is 31.8. The van der Waals surface area contributed by atoms with Crippen LogP contribution in [0.2, 0.25) is 0 Å². The van der Waals surface area contributed by atoms with Crippen LogP contribution in [0.4, 0.5) is 0 Å². The fraction of sp³-hybridized carbons (Fsp3) is 0.0769. The maximum absolute atomic E-state index is 6.86. The minimum Gasteiger partial charge on any atom is -0.457 e. The highest BCUT2D eigenvalue weighted by Crippen LogP contribution is 2.44. The normalized spacial score (nSPS) is 12.1. The Labute approximate surface area is 329 Å². The van der Waals surface area contributed by atoms with Gasteiger partial charge in [0.05, 0.1) is 16.7 Å². The second-order valence-corrected chi connectivity index (χ2v) is 15.9. The Morgan fingerprint density at radius 1 is 0.509 bits per heavy atom. The Morgan fingerprint density at radius 3 is 2.11 bits per heavy atom. The van der Waals surface area contributed by atoms with E-state index < -0.39 is 0 Å². The summed E-state index contributed by atoms with van der Waals surface area (Å²) in [5.74, 6) is 2.30. The number of pyridine rings is 2. The summed E-state index contributed by atoms with van der Waals surface area (Å²) in [5.41, 5.74) is 9.01. The second-order valence-electron chi connectivity index (χ2n) is 15.9. The summed E-state index contributed by atoms with van der Waals surface area (Å²) in [6.07, 6.45) is 3.73. The van der Waals surface area contributed by atoms with Crippen molar-refractivity contribution in [3.05, 3.63) is 176 Å². The van der Waals surface area contributed by atoms with Gasteiger partial charge in [-0.15, -0.1) is 0 Å². The van der Waals surface area contributed by atoms with Gasteiger partial charge in [0.2, 0.25) is 0 Å². The molecule has 0 saturated heterocycles. The third kappa shape index (κ3) is 5.46. The molecular formula is C52H37N3O2. The lowest BCUT2D eigenvalue weighted by atomic mass is 9.88. The average Bonchev–Trinajstić information content (AvgIpc) is 3.77. The minimum absolute atomic E-state index is 0.0174. The Morgan fingerprint density at radius 2 is 1.28 bits per heavy atom. The van der Waals surface area contributed by atoms with Crippen LogP contribution in [0.5, 0.6) is 11.5 Å². The van der Waals surface area contributed by atoms with E-state index in [9.17, 15) is 0 Å². The van der Waals surface area contributed by atoms with Gasteiger partial charge in [0, 0.05) is 45.6 Å². The van der Waals surface area contributed by atoms with Gasteiger partial charge < -0.3 is 9.15 Å². The third-order valence-corrected chi connectivity index (χ3v) is 11.3. The number of rotatable bonds is 5. The number of benzene rings is 7. The quantitative estimate of drug-likeness (QED) is 0.165. The molecule has 7 aromatic carbocycles. The van der Waals surface area contributed by atoms with Crippen molar-refractivity contribution in [2.75, 3.05) is 0 Å². The van der Waals surface area contributed by atoms with Crippen LogP contribution in [-0.4, -0.2) is 14.5 Å². The first-order chi connectivity index (χ1) is 27.9. The summed E-state index contributed by atoms with van der Waals surface area (Å²) in [6.45, 7) is 6.70. The predicted octanol–water partition coefficient (Wildman–Crippen LogP) is 14.2. The van der Waals surface area contributed by atoms with Crippen molar-refractivity contribution in [3.8, 4) is 39.7 Å². The van der Waals surface area contributed by atoms with Gasteiger partial charge in [-0.2, -0.15) is 0 Å². The Balaban J connectivity index is 1.11. The van der Waals surface area contributed by atoms with Gasteiger partial charge in [0.15, 0.2) is 0 Å². The number of nitrogens with zero attached hydrogens (tertiary/aromatic N) is 3. The monoisotopic (exact) mass is 735 g/mol. The lowest BCUT2D eigenvalue weighted by Gasteiger charge is -2.20. The number of hydrogen-bond donors (Lipinski definition) is 0. The molecule has 272 valence electrons. The van der Waals surface area contributed by atoms with E-state index in [-0.39, 0.29) is 5.41 Å². The van der Waals surface area contributed by atoms with Gasteiger partial charge in [0.1, 0.15) is 28.5 Å². The SMILES string of the molecule is CC(C)(C)c1ccnc(-n2c3ccccc3c3ccc(Oc4cc(-c5ccccn5)c5oc6cc7cc(-c8ccccc8)c8ccccc8c7cc6c5c4)cc32)c1. The van der Waals surface area contributed by atoms with Crippen molar-refractivity contribution in [1.82, 2.24) is 14.5 Å². The second kappa shape index (κ2) is 12.7.